The van der Waals surface area contributed by atoms with E-state index < -0.39 is 58.1 Å². The van der Waals surface area contributed by atoms with Crippen molar-refractivity contribution in [1.29, 1.82) is 0 Å². The molecule has 198 valence electrons. The molecule has 0 aromatic heterocycles. The highest BCUT2D eigenvalue weighted by Gasteiger charge is 2.60. The van der Waals surface area contributed by atoms with Gasteiger partial charge in [0.15, 0.2) is 11.4 Å². The zero-order valence-electron chi connectivity index (χ0n) is 20.6. The molecule has 1 saturated carbocycles. The Balaban J connectivity index is 1.87. The summed E-state index contributed by atoms with van der Waals surface area (Å²) in [5.41, 5.74) is 2.86. The minimum absolute atomic E-state index is 0.0426. The number of carbonyl (C=O) groups is 4. The number of aliphatic hydroxyl groups excluding tert-OH is 2. The van der Waals surface area contributed by atoms with Crippen LogP contribution in [0.2, 0.25) is 0 Å². The molecule has 0 unspecified atom stereocenters. The molecule has 0 saturated heterocycles. The largest absolute Gasteiger partial charge is 0.508 e. The first-order valence-electron chi connectivity index (χ1n) is 11.8. The van der Waals surface area contributed by atoms with E-state index in [2.05, 4.69) is 5.32 Å². The minimum Gasteiger partial charge on any atom is -0.508 e. The van der Waals surface area contributed by atoms with Gasteiger partial charge in [-0.3, -0.25) is 14.4 Å². The number of carbonyl (C=O) groups excluding carboxylic acids is 4. The molecule has 0 heterocycles. The Morgan fingerprint density at radius 3 is 2.49 bits per heavy atom. The fourth-order valence-electron chi connectivity index (χ4n) is 5.61. The Hall–Kier alpha value is -4.06. The highest BCUT2D eigenvalue weighted by molar-refractivity contribution is 6.22. The van der Waals surface area contributed by atoms with Gasteiger partial charge in [-0.05, 0) is 37.3 Å². The molecule has 1 aromatic carbocycles. The molecule has 3 aliphatic rings. The number of primary amides is 1. The minimum atomic E-state index is -2.63. The van der Waals surface area contributed by atoms with E-state index in [4.69, 9.17) is 10.5 Å². The number of Topliss-reactive ketones (excluding diaryl/α,β-unsaturated/α-hetero) is 2. The van der Waals surface area contributed by atoms with Crippen molar-refractivity contribution in [2.24, 2.45) is 17.6 Å². The Bertz CT molecular complexity index is 1300. The van der Waals surface area contributed by atoms with Crippen LogP contribution >= 0.6 is 0 Å². The Morgan fingerprint density at radius 1 is 1.22 bits per heavy atom. The van der Waals surface area contributed by atoms with Crippen molar-refractivity contribution in [2.75, 3.05) is 25.6 Å². The molecule has 0 radical (unpaired) electrons. The predicted octanol–water partition coefficient (Wildman–Crippen LogP) is 0.736. The molecular formula is C25H29N3O9. The molecule has 37 heavy (non-hydrogen) atoms. The summed E-state index contributed by atoms with van der Waals surface area (Å²) in [7, 11) is 3.51. The molecule has 0 spiro atoms. The molecule has 7 N–H and O–H groups in total. The van der Waals surface area contributed by atoms with E-state index in [0.29, 0.717) is 11.3 Å². The SMILES string of the molecule is CCOC(=O)NCc1cc(N(C)C)c2c(c1O)C(O)=C1C(=O)[C@]3(O)C(O)=C(C(N)=O)C(=O)C[C@@H]3C[C@@H]1C2. The van der Waals surface area contributed by atoms with Gasteiger partial charge in [-0.1, -0.05) is 0 Å². The number of anilines is 1. The molecule has 3 atom stereocenters. The number of phenolic OH excluding ortho intramolecular Hbond substituents is 1. The van der Waals surface area contributed by atoms with Gasteiger partial charge < -0.3 is 41.1 Å². The zero-order chi connectivity index (χ0) is 27.4. The summed E-state index contributed by atoms with van der Waals surface area (Å²) in [5.74, 6) is -6.88. The standard InChI is InChI=1S/C25H29N3O9/c1-4-37-24(35)27-9-11-7-14(28(2)3)13-6-10-5-12-8-15(29)18(23(26)34)22(33)25(12,36)21(32)16(10)20(31)17(13)19(11)30/h7,10,12,30-31,33,36H,4-6,8-9H2,1-3H3,(H2,26,34)(H,27,35)/t10-,12+,25+/m1/s1. The number of nitrogens with one attached hydrogen (secondary N) is 1. The summed E-state index contributed by atoms with van der Waals surface area (Å²) in [6.07, 6.45) is -0.862. The first kappa shape index (κ1) is 26.0. The summed E-state index contributed by atoms with van der Waals surface area (Å²) < 4.78 is 4.85. The molecule has 3 aliphatic carbocycles. The maximum atomic E-state index is 13.6. The van der Waals surface area contributed by atoms with Crippen molar-refractivity contribution in [3.8, 4) is 5.75 Å². The van der Waals surface area contributed by atoms with E-state index >= 15 is 0 Å². The molecule has 2 amide bonds. The van der Waals surface area contributed by atoms with E-state index in [1.54, 1.807) is 32.0 Å². The summed E-state index contributed by atoms with van der Waals surface area (Å²) in [4.78, 5) is 51.4. The third-order valence-electron chi connectivity index (χ3n) is 7.30. The van der Waals surface area contributed by atoms with Gasteiger partial charge in [-0.25, -0.2) is 4.79 Å². The van der Waals surface area contributed by atoms with Gasteiger partial charge in [0, 0.05) is 49.8 Å². The second-order valence-corrected chi connectivity index (χ2v) is 9.63. The van der Waals surface area contributed by atoms with Crippen molar-refractivity contribution in [2.45, 2.75) is 38.3 Å². The fourth-order valence-corrected chi connectivity index (χ4v) is 5.61. The lowest BCUT2D eigenvalue weighted by molar-refractivity contribution is -0.147. The van der Waals surface area contributed by atoms with Gasteiger partial charge >= 0.3 is 6.09 Å². The molecule has 0 aliphatic heterocycles. The number of benzene rings is 1. The smallest absolute Gasteiger partial charge is 0.407 e. The van der Waals surface area contributed by atoms with Crippen LogP contribution in [0.25, 0.3) is 5.76 Å². The number of ketones is 2. The summed E-state index contributed by atoms with van der Waals surface area (Å²) in [5, 5.41) is 46.9. The average Bonchev–Trinajstić information content (AvgIpc) is 2.80. The average molecular weight is 516 g/mol. The number of fused-ring (bicyclic) bond motifs is 3. The zero-order valence-corrected chi connectivity index (χ0v) is 20.6. The van der Waals surface area contributed by atoms with Crippen LogP contribution in [0.15, 0.2) is 23.0 Å². The van der Waals surface area contributed by atoms with Crippen LogP contribution < -0.4 is 16.0 Å². The van der Waals surface area contributed by atoms with E-state index in [1.807, 2.05) is 0 Å². The molecule has 12 nitrogen and oxygen atoms in total. The number of aromatic hydroxyl groups is 1. The highest BCUT2D eigenvalue weighted by Crippen LogP contribution is 2.53. The van der Waals surface area contributed by atoms with Crippen LogP contribution in [0.4, 0.5) is 10.5 Å². The first-order valence-corrected chi connectivity index (χ1v) is 11.8. The Morgan fingerprint density at radius 2 is 1.89 bits per heavy atom. The Labute approximate surface area is 212 Å². The van der Waals surface area contributed by atoms with Gasteiger partial charge in [0.1, 0.15) is 22.8 Å². The number of hydrogen-bond acceptors (Lipinski definition) is 10. The van der Waals surface area contributed by atoms with Crippen molar-refractivity contribution < 1.29 is 44.3 Å². The molecular weight excluding hydrogens is 486 g/mol. The second kappa shape index (κ2) is 9.11. The lowest BCUT2D eigenvalue weighted by atomic mass is 9.59. The highest BCUT2D eigenvalue weighted by atomic mass is 16.5. The van der Waals surface area contributed by atoms with Crippen LogP contribution in [0, 0.1) is 11.8 Å². The number of nitrogens with two attached hydrogens (primary N) is 1. The number of aliphatic hydroxyl groups is 3. The summed E-state index contributed by atoms with van der Waals surface area (Å²) in [6, 6.07) is 1.65. The van der Waals surface area contributed by atoms with Gasteiger partial charge in [0.25, 0.3) is 5.91 Å². The number of amides is 2. The normalized spacial score (nSPS) is 24.8. The number of hydrogen-bond donors (Lipinski definition) is 6. The van der Waals surface area contributed by atoms with Crippen molar-refractivity contribution in [3.05, 3.63) is 39.7 Å². The van der Waals surface area contributed by atoms with Crippen molar-refractivity contribution >= 4 is 35.0 Å². The van der Waals surface area contributed by atoms with Crippen LogP contribution in [-0.4, -0.2) is 70.3 Å². The quantitative estimate of drug-likeness (QED) is 0.304. The third-order valence-corrected chi connectivity index (χ3v) is 7.30. The van der Waals surface area contributed by atoms with Crippen LogP contribution in [-0.2, 0) is 32.1 Å². The molecule has 12 heteroatoms. The van der Waals surface area contributed by atoms with Gasteiger partial charge in [-0.2, -0.15) is 0 Å². The number of phenols is 1. The lowest BCUT2D eigenvalue weighted by Gasteiger charge is -2.46. The maximum Gasteiger partial charge on any atom is 0.407 e. The molecule has 0 bridgehead atoms. The number of nitrogens with zero attached hydrogens (tertiary/aromatic N) is 1. The van der Waals surface area contributed by atoms with E-state index in [9.17, 15) is 39.6 Å². The van der Waals surface area contributed by atoms with E-state index in [1.165, 1.54) is 0 Å². The van der Waals surface area contributed by atoms with Crippen LogP contribution in [0.5, 0.6) is 5.75 Å². The van der Waals surface area contributed by atoms with Crippen LogP contribution in [0.3, 0.4) is 0 Å². The predicted molar refractivity (Wildman–Crippen MR) is 130 cm³/mol. The number of alkyl carbamates (subject to hydrolysis) is 1. The topological polar surface area (TPSA) is 200 Å². The van der Waals surface area contributed by atoms with E-state index in [0.717, 1.165) is 0 Å². The molecule has 1 fully saturated rings. The monoisotopic (exact) mass is 515 g/mol. The maximum absolute atomic E-state index is 13.6. The summed E-state index contributed by atoms with van der Waals surface area (Å²) >= 11 is 0. The fraction of sp³-hybridized carbons (Fsp3) is 0.440. The summed E-state index contributed by atoms with van der Waals surface area (Å²) in [6.45, 7) is 1.65. The number of ether oxygens (including phenoxy) is 1. The van der Waals surface area contributed by atoms with Gasteiger partial charge in [-0.15, -0.1) is 0 Å². The third kappa shape index (κ3) is 3.88. The van der Waals surface area contributed by atoms with Crippen LogP contribution in [0.1, 0.15) is 36.5 Å². The van der Waals surface area contributed by atoms with Crippen molar-refractivity contribution in [3.63, 3.8) is 0 Å². The van der Waals surface area contributed by atoms with E-state index in [-0.39, 0.29) is 54.9 Å². The lowest BCUT2D eigenvalue weighted by Crippen LogP contribution is -2.58. The molecule has 1 aromatic rings. The second-order valence-electron chi connectivity index (χ2n) is 9.63. The van der Waals surface area contributed by atoms with Gasteiger partial charge in [0.05, 0.1) is 12.2 Å². The number of rotatable bonds is 5. The van der Waals surface area contributed by atoms with Crippen molar-refractivity contribution in [1.82, 2.24) is 5.32 Å². The Kier molecular flexibility index (Phi) is 6.40. The van der Waals surface area contributed by atoms with Gasteiger partial charge in [0.2, 0.25) is 5.78 Å². The molecule has 4 rings (SSSR count). The first-order chi connectivity index (χ1) is 17.3.